The number of carbonyl (C=O) groups is 3. The van der Waals surface area contributed by atoms with E-state index >= 15 is 0 Å². The molecule has 140 valence electrons. The van der Waals surface area contributed by atoms with Crippen LogP contribution in [0.15, 0.2) is 54.6 Å². The molecule has 0 atom stereocenters. The first kappa shape index (κ1) is 18.4. The zero-order valence-electron chi connectivity index (χ0n) is 14.6. The van der Waals surface area contributed by atoms with Crippen molar-refractivity contribution in [3.8, 4) is 16.9 Å². The topological polar surface area (TPSA) is 93.7 Å². The summed E-state index contributed by atoms with van der Waals surface area (Å²) in [4.78, 5) is 34.8. The summed E-state index contributed by atoms with van der Waals surface area (Å²) in [5.74, 6) is -0.851. The van der Waals surface area contributed by atoms with Crippen molar-refractivity contribution in [1.29, 1.82) is 0 Å². The zero-order valence-corrected chi connectivity index (χ0v) is 14.6. The Labute approximate surface area is 156 Å². The fourth-order valence-corrected chi connectivity index (χ4v) is 2.38. The van der Waals surface area contributed by atoms with Crippen molar-refractivity contribution in [2.45, 2.75) is 18.9 Å². The van der Waals surface area contributed by atoms with Crippen molar-refractivity contribution in [3.05, 3.63) is 54.6 Å². The van der Waals surface area contributed by atoms with E-state index in [0.29, 0.717) is 5.75 Å². The number of nitrogens with one attached hydrogen (secondary N) is 2. The summed E-state index contributed by atoms with van der Waals surface area (Å²) >= 11 is 0. The molecule has 0 bridgehead atoms. The van der Waals surface area contributed by atoms with Crippen LogP contribution in [0, 0.1) is 0 Å². The van der Waals surface area contributed by atoms with Gasteiger partial charge in [-0.3, -0.25) is 10.1 Å². The zero-order chi connectivity index (χ0) is 19.1. The van der Waals surface area contributed by atoms with Gasteiger partial charge in [0.1, 0.15) is 5.75 Å². The van der Waals surface area contributed by atoms with Crippen molar-refractivity contribution >= 4 is 17.9 Å². The maximum atomic E-state index is 11.8. The minimum Gasteiger partial charge on any atom is -0.481 e. The number of amides is 3. The van der Waals surface area contributed by atoms with E-state index in [1.54, 1.807) is 12.1 Å². The van der Waals surface area contributed by atoms with Crippen LogP contribution in [0.5, 0.6) is 5.75 Å². The summed E-state index contributed by atoms with van der Waals surface area (Å²) < 4.78 is 10.4. The number of hydrogen-bond acceptors (Lipinski definition) is 5. The Morgan fingerprint density at radius 3 is 2.37 bits per heavy atom. The maximum Gasteiger partial charge on any atom is 0.344 e. The van der Waals surface area contributed by atoms with E-state index in [9.17, 15) is 14.4 Å². The lowest BCUT2D eigenvalue weighted by molar-refractivity contribution is -0.150. The molecule has 7 heteroatoms. The van der Waals surface area contributed by atoms with Crippen LogP contribution in [0.3, 0.4) is 0 Å². The third-order valence-electron chi connectivity index (χ3n) is 3.85. The van der Waals surface area contributed by atoms with Gasteiger partial charge in [-0.25, -0.2) is 9.59 Å². The van der Waals surface area contributed by atoms with Crippen molar-refractivity contribution in [2.75, 3.05) is 13.2 Å². The summed E-state index contributed by atoms with van der Waals surface area (Å²) in [6.45, 7) is -0.883. The first-order valence-electron chi connectivity index (χ1n) is 8.65. The number of esters is 1. The molecular formula is C20H20N2O5. The number of hydrogen-bond donors (Lipinski definition) is 2. The molecule has 2 aromatic rings. The molecule has 2 aromatic carbocycles. The second kappa shape index (κ2) is 8.84. The van der Waals surface area contributed by atoms with Crippen LogP contribution in [0.1, 0.15) is 12.8 Å². The van der Waals surface area contributed by atoms with Crippen molar-refractivity contribution in [2.24, 2.45) is 0 Å². The molecule has 1 aliphatic carbocycles. The molecular weight excluding hydrogens is 348 g/mol. The molecule has 1 fully saturated rings. The molecule has 3 rings (SSSR count). The van der Waals surface area contributed by atoms with E-state index in [4.69, 9.17) is 9.47 Å². The average molecular weight is 368 g/mol. The van der Waals surface area contributed by atoms with Crippen LogP contribution in [0.4, 0.5) is 4.79 Å². The Bertz CT molecular complexity index is 818. The van der Waals surface area contributed by atoms with E-state index in [2.05, 4.69) is 10.6 Å². The molecule has 0 aromatic heterocycles. The Balaban J connectivity index is 1.45. The number of benzene rings is 2. The van der Waals surface area contributed by atoms with E-state index in [0.717, 1.165) is 24.0 Å². The minimum atomic E-state index is -0.699. The molecule has 0 aliphatic heterocycles. The summed E-state index contributed by atoms with van der Waals surface area (Å²) in [5.41, 5.74) is 1.81. The van der Waals surface area contributed by atoms with Crippen LogP contribution < -0.4 is 15.4 Å². The van der Waals surface area contributed by atoms with Crippen molar-refractivity contribution in [1.82, 2.24) is 10.6 Å². The normalized spacial score (nSPS) is 12.7. The number of carbonyl (C=O) groups excluding carboxylic acids is 3. The molecule has 27 heavy (non-hydrogen) atoms. The highest BCUT2D eigenvalue weighted by atomic mass is 16.6. The van der Waals surface area contributed by atoms with Gasteiger partial charge in [0.15, 0.2) is 13.2 Å². The predicted octanol–water partition coefficient (Wildman–Crippen LogP) is 2.26. The van der Waals surface area contributed by atoms with Crippen LogP contribution in [0.2, 0.25) is 0 Å². The van der Waals surface area contributed by atoms with Crippen molar-refractivity contribution < 1.29 is 23.9 Å². The van der Waals surface area contributed by atoms with Gasteiger partial charge in [-0.2, -0.15) is 0 Å². The quantitative estimate of drug-likeness (QED) is 0.731. The summed E-state index contributed by atoms with van der Waals surface area (Å²) in [6.07, 6.45) is 1.83. The van der Waals surface area contributed by atoms with Gasteiger partial charge in [-0.05, 0) is 24.5 Å². The number of urea groups is 1. The fourth-order valence-electron chi connectivity index (χ4n) is 2.38. The number of imide groups is 1. The van der Waals surface area contributed by atoms with Gasteiger partial charge in [-0.1, -0.05) is 48.5 Å². The van der Waals surface area contributed by atoms with E-state index in [1.807, 2.05) is 42.5 Å². The third-order valence-corrected chi connectivity index (χ3v) is 3.85. The molecule has 0 unspecified atom stereocenters. The lowest BCUT2D eigenvalue weighted by Crippen LogP contribution is -2.42. The van der Waals surface area contributed by atoms with Gasteiger partial charge in [-0.15, -0.1) is 0 Å². The molecule has 0 radical (unpaired) electrons. The number of ether oxygens (including phenoxy) is 2. The maximum absolute atomic E-state index is 11.8. The predicted molar refractivity (Wildman–Crippen MR) is 98.0 cm³/mol. The van der Waals surface area contributed by atoms with Gasteiger partial charge in [0.05, 0.1) is 0 Å². The summed E-state index contributed by atoms with van der Waals surface area (Å²) in [5, 5.41) is 4.71. The standard InChI is InChI=1S/C20H20N2O5/c23-18(22-20(25)21-15-10-11-15)12-27-19(24)13-26-17-9-5-4-8-16(17)14-6-2-1-3-7-14/h1-9,15H,10-13H2,(H2,21,22,23,25). The number of para-hydroxylation sites is 1. The highest BCUT2D eigenvalue weighted by molar-refractivity contribution is 5.95. The molecule has 3 amide bonds. The van der Waals surface area contributed by atoms with Gasteiger partial charge >= 0.3 is 12.0 Å². The van der Waals surface area contributed by atoms with E-state index in [-0.39, 0.29) is 12.6 Å². The highest BCUT2D eigenvalue weighted by Crippen LogP contribution is 2.29. The molecule has 2 N–H and O–H groups in total. The second-order valence-corrected chi connectivity index (χ2v) is 6.11. The Hall–Kier alpha value is -3.35. The molecule has 0 saturated heterocycles. The molecule has 0 spiro atoms. The van der Waals surface area contributed by atoms with Crippen molar-refractivity contribution in [3.63, 3.8) is 0 Å². The minimum absolute atomic E-state index is 0.137. The third kappa shape index (κ3) is 5.85. The lowest BCUT2D eigenvalue weighted by atomic mass is 10.1. The fraction of sp³-hybridized carbons (Fsp3) is 0.250. The van der Waals surface area contributed by atoms with E-state index < -0.39 is 24.5 Å². The van der Waals surface area contributed by atoms with Gasteiger partial charge < -0.3 is 14.8 Å². The first-order chi connectivity index (χ1) is 13.1. The number of rotatable bonds is 7. The average Bonchev–Trinajstić information content (AvgIpc) is 3.49. The van der Waals surface area contributed by atoms with Crippen LogP contribution in [-0.2, 0) is 14.3 Å². The summed E-state index contributed by atoms with van der Waals surface area (Å²) in [7, 11) is 0. The highest BCUT2D eigenvalue weighted by Gasteiger charge is 2.24. The lowest BCUT2D eigenvalue weighted by Gasteiger charge is -2.11. The van der Waals surface area contributed by atoms with Gasteiger partial charge in [0.2, 0.25) is 0 Å². The van der Waals surface area contributed by atoms with E-state index in [1.165, 1.54) is 0 Å². The SMILES string of the molecule is O=C(COC(=O)COc1ccccc1-c1ccccc1)NC(=O)NC1CC1. The van der Waals surface area contributed by atoms with Crippen LogP contribution >= 0.6 is 0 Å². The monoisotopic (exact) mass is 368 g/mol. The largest absolute Gasteiger partial charge is 0.481 e. The smallest absolute Gasteiger partial charge is 0.344 e. The second-order valence-electron chi connectivity index (χ2n) is 6.11. The molecule has 1 aliphatic rings. The Kier molecular flexibility index (Phi) is 6.04. The molecule has 1 saturated carbocycles. The van der Waals surface area contributed by atoms with Crippen LogP contribution in [0.25, 0.3) is 11.1 Å². The Morgan fingerprint density at radius 2 is 1.63 bits per heavy atom. The molecule has 0 heterocycles. The van der Waals surface area contributed by atoms with Crippen LogP contribution in [-0.4, -0.2) is 37.2 Å². The Morgan fingerprint density at radius 1 is 0.926 bits per heavy atom. The van der Waals surface area contributed by atoms with Gasteiger partial charge in [0.25, 0.3) is 5.91 Å². The van der Waals surface area contributed by atoms with Gasteiger partial charge in [0, 0.05) is 11.6 Å². The summed E-state index contributed by atoms with van der Waals surface area (Å²) in [6, 6.07) is 16.5. The molecule has 7 nitrogen and oxygen atoms in total. The first-order valence-corrected chi connectivity index (χ1v) is 8.65.